The number of carbonyl (C=O) groups excluding carboxylic acids is 2. The van der Waals surface area contributed by atoms with Gasteiger partial charge in [0.05, 0.1) is 23.1 Å². The van der Waals surface area contributed by atoms with E-state index < -0.39 is 22.0 Å². The minimum Gasteiger partial charge on any atom is -0.382 e. The second kappa shape index (κ2) is 10.3. The maximum Gasteiger partial charge on any atom is 0.251 e. The minimum absolute atomic E-state index is 0.118. The van der Waals surface area contributed by atoms with Crippen LogP contribution in [0.1, 0.15) is 39.7 Å². The Hall–Kier alpha value is -4.06. The van der Waals surface area contributed by atoms with Crippen LogP contribution in [0.4, 0.5) is 15.9 Å². The van der Waals surface area contributed by atoms with Crippen molar-refractivity contribution in [2.24, 2.45) is 0 Å². The molecule has 0 unspecified atom stereocenters. The van der Waals surface area contributed by atoms with E-state index in [-0.39, 0.29) is 23.5 Å². The molecule has 1 aromatic carbocycles. The van der Waals surface area contributed by atoms with Crippen molar-refractivity contribution in [3.05, 3.63) is 48.7 Å². The monoisotopic (exact) mass is 594 g/mol. The van der Waals surface area contributed by atoms with Gasteiger partial charge in [0.15, 0.2) is 5.82 Å². The average molecular weight is 594 g/mol. The topological polar surface area (TPSA) is 124 Å². The van der Waals surface area contributed by atoms with Crippen molar-refractivity contribution in [3.63, 3.8) is 0 Å². The molecule has 2 amide bonds. The van der Waals surface area contributed by atoms with Crippen LogP contribution in [0.5, 0.6) is 0 Å². The summed E-state index contributed by atoms with van der Waals surface area (Å²) in [6.07, 6.45) is 4.83. The predicted octanol–water partition coefficient (Wildman–Crippen LogP) is -0.854. The number of aromatic nitrogens is 5. The molecule has 0 atom stereocenters. The van der Waals surface area contributed by atoms with Crippen molar-refractivity contribution in [1.29, 1.82) is 0 Å². The molecule has 0 radical (unpaired) electrons. The molecule has 2 saturated heterocycles. The van der Waals surface area contributed by atoms with E-state index in [0.29, 0.717) is 35.8 Å². The number of nitrogens with zero attached hydrogens (tertiary/aromatic N) is 7. The van der Waals surface area contributed by atoms with Gasteiger partial charge < -0.3 is 20.3 Å². The van der Waals surface area contributed by atoms with Gasteiger partial charge in [-0.3, -0.25) is 14.3 Å². The maximum atomic E-state index is 15.9. The van der Waals surface area contributed by atoms with E-state index in [4.69, 9.17) is 10.5 Å². The Morgan fingerprint density at radius 2 is 1.75 bits per heavy atom. The molecule has 0 spiro atoms. The van der Waals surface area contributed by atoms with Crippen molar-refractivity contribution in [2.45, 2.75) is 55.9 Å². The summed E-state index contributed by atoms with van der Waals surface area (Å²) in [4.78, 5) is 34.4. The normalized spacial score (nSPS) is 19.9. The molecular weight excluding hydrogens is 559 g/mol. The average Bonchev–Trinajstić information content (AvgIpc) is 3.59. The summed E-state index contributed by atoms with van der Waals surface area (Å²) in [5, 5.41) is 7.36. The van der Waals surface area contributed by atoms with Crippen LogP contribution in [0.3, 0.4) is 0 Å². The van der Waals surface area contributed by atoms with Gasteiger partial charge in [-0.15, -0.1) is 0 Å². The van der Waals surface area contributed by atoms with Crippen LogP contribution >= 0.6 is 0 Å². The second-order valence-corrected chi connectivity index (χ2v) is 13.2. The van der Waals surface area contributed by atoms with Gasteiger partial charge in [-0.1, -0.05) is 0 Å². The van der Waals surface area contributed by atoms with Gasteiger partial charge in [0.2, 0.25) is 5.91 Å². The highest BCUT2D eigenvalue weighted by molar-refractivity contribution is 6.58. The van der Waals surface area contributed by atoms with Gasteiger partial charge in [0, 0.05) is 37.5 Å². The van der Waals surface area contributed by atoms with Crippen LogP contribution in [-0.2, 0) is 14.3 Å². The summed E-state index contributed by atoms with van der Waals surface area (Å²) in [5.74, 6) is -0.852. The van der Waals surface area contributed by atoms with Crippen molar-refractivity contribution in [3.8, 4) is 22.5 Å². The number of fused-ring (bicyclic) bond motifs is 1. The first-order valence-electron chi connectivity index (χ1n) is 14.9. The van der Waals surface area contributed by atoms with E-state index in [1.165, 1.54) is 24.2 Å². The van der Waals surface area contributed by atoms with Gasteiger partial charge in [-0.2, -0.15) is 10.2 Å². The fourth-order valence-electron chi connectivity index (χ4n) is 7.13. The molecule has 2 N–H and O–H groups in total. The fourth-order valence-corrected chi connectivity index (χ4v) is 7.13. The number of ether oxygens (including phenoxy) is 1. The molecule has 16 heteroatoms. The van der Waals surface area contributed by atoms with E-state index in [1.807, 2.05) is 48.2 Å². The number of nitrogens with two attached hydrogens (primary N) is 1. The van der Waals surface area contributed by atoms with Crippen LogP contribution in [0.2, 0.25) is 0 Å². The highest BCUT2D eigenvalue weighted by atomic mass is 19.1. The predicted molar refractivity (Wildman–Crippen MR) is 177 cm³/mol. The summed E-state index contributed by atoms with van der Waals surface area (Å²) in [7, 11) is 7.54. The summed E-state index contributed by atoms with van der Waals surface area (Å²) < 4.78 is 25.1. The lowest BCUT2D eigenvalue weighted by Crippen LogP contribution is -2.85. The van der Waals surface area contributed by atoms with E-state index in [9.17, 15) is 9.59 Å². The van der Waals surface area contributed by atoms with E-state index in [2.05, 4.69) is 15.2 Å². The number of rotatable bonds is 4. The molecule has 11 nitrogen and oxygen atoms in total. The Bertz CT molecular complexity index is 1800. The molecule has 5 heterocycles. The number of anilines is 2. The summed E-state index contributed by atoms with van der Waals surface area (Å²) in [6.45, 7) is 6.20. The summed E-state index contributed by atoms with van der Waals surface area (Å²) >= 11 is 0. The van der Waals surface area contributed by atoms with Crippen molar-refractivity contribution in [1.82, 2.24) is 29.3 Å². The second-order valence-electron chi connectivity index (χ2n) is 13.2. The van der Waals surface area contributed by atoms with Gasteiger partial charge in [-0.05, 0) is 67.7 Å². The first-order chi connectivity index (χ1) is 20.7. The number of halogens is 1. The SMILES string of the molecule is BC1(B)N(c2cc(-c3cc(-c4ccnn4C4CCOCC4)c4c(N)ncnn34)ccc2F)C(=O)C(C)(C)N(C(C)=O)C1(B)B. The maximum absolute atomic E-state index is 15.9. The van der Waals surface area contributed by atoms with Gasteiger partial charge in [0.1, 0.15) is 54.6 Å². The third-order valence-corrected chi connectivity index (χ3v) is 9.76. The standard InChI is InChI=1S/C28H35B4FN8O3/c1-15(42)41-26(2,3)25(43)38(27(29,30)28(41,31)32)22-12-16(4-5-19(22)33)21-13-18(23-24(34)35-14-37-40(21)23)20-6-9-36-39(20)17-7-10-44-11-8-17/h4-6,9,12-14,17H,7-8,10-11,29-32H2,1-3H3,(H2,34,35,37). The number of amides is 2. The highest BCUT2D eigenvalue weighted by Gasteiger charge is 2.60. The van der Waals surface area contributed by atoms with Crippen LogP contribution in [0.15, 0.2) is 42.9 Å². The lowest BCUT2D eigenvalue weighted by molar-refractivity contribution is -0.150. The van der Waals surface area contributed by atoms with E-state index in [1.54, 1.807) is 41.6 Å². The fraction of sp³-hybridized carbons (Fsp3) is 0.393. The molecule has 2 aliphatic heterocycles. The number of benzene rings is 1. The van der Waals surface area contributed by atoms with Crippen LogP contribution < -0.4 is 10.6 Å². The first-order valence-corrected chi connectivity index (χ1v) is 14.9. The zero-order valence-electron chi connectivity index (χ0n) is 26.3. The Balaban J connectivity index is 1.52. The smallest absolute Gasteiger partial charge is 0.251 e. The zero-order valence-corrected chi connectivity index (χ0v) is 26.3. The van der Waals surface area contributed by atoms with Crippen molar-refractivity contribution >= 4 is 60.2 Å². The van der Waals surface area contributed by atoms with E-state index >= 15 is 4.39 Å². The lowest BCUT2D eigenvalue weighted by Gasteiger charge is -2.64. The molecule has 2 fully saturated rings. The Morgan fingerprint density at radius 1 is 1.05 bits per heavy atom. The zero-order chi connectivity index (χ0) is 31.8. The number of carbonyl (C=O) groups is 2. The number of hydrogen-bond acceptors (Lipinski definition) is 7. The molecule has 224 valence electrons. The van der Waals surface area contributed by atoms with Crippen LogP contribution in [-0.4, -0.2) is 102 Å². The van der Waals surface area contributed by atoms with Gasteiger partial charge >= 0.3 is 0 Å². The third kappa shape index (κ3) is 4.28. The summed E-state index contributed by atoms with van der Waals surface area (Å²) in [5.41, 5.74) is 8.89. The van der Waals surface area contributed by atoms with Crippen LogP contribution in [0, 0.1) is 5.82 Å². The molecule has 2 aliphatic rings. The quantitative estimate of drug-likeness (QED) is 0.306. The Labute approximate surface area is 258 Å². The van der Waals surface area contributed by atoms with Crippen molar-refractivity contribution < 1.29 is 18.7 Å². The lowest BCUT2D eigenvalue weighted by atomic mass is 9.35. The Kier molecular flexibility index (Phi) is 6.99. The first kappa shape index (κ1) is 30.0. The minimum atomic E-state index is -1.22. The van der Waals surface area contributed by atoms with Crippen LogP contribution in [0.25, 0.3) is 28.0 Å². The van der Waals surface area contributed by atoms with E-state index in [0.717, 1.165) is 24.1 Å². The summed E-state index contributed by atoms with van der Waals surface area (Å²) in [6, 6.07) is 8.77. The molecule has 0 aliphatic carbocycles. The molecule has 6 rings (SSSR count). The molecule has 44 heavy (non-hydrogen) atoms. The third-order valence-electron chi connectivity index (χ3n) is 9.76. The molecule has 0 bridgehead atoms. The van der Waals surface area contributed by atoms with Gasteiger partial charge in [-0.25, -0.2) is 13.9 Å². The van der Waals surface area contributed by atoms with Crippen molar-refractivity contribution in [2.75, 3.05) is 23.8 Å². The van der Waals surface area contributed by atoms with Gasteiger partial charge in [0.25, 0.3) is 5.91 Å². The number of hydrogen-bond donors (Lipinski definition) is 1. The molecular formula is C28H35B4FN8O3. The Morgan fingerprint density at radius 3 is 2.43 bits per heavy atom. The molecule has 4 aromatic rings. The highest BCUT2D eigenvalue weighted by Crippen LogP contribution is 2.43. The number of nitrogen functional groups attached to an aromatic ring is 1. The number of piperazine rings is 1. The molecule has 3 aromatic heterocycles. The molecule has 0 saturated carbocycles. The largest absolute Gasteiger partial charge is 0.382 e.